The summed E-state index contributed by atoms with van der Waals surface area (Å²) in [6.45, 7) is -0.427. The fraction of sp³-hybridized carbons (Fsp3) is 0.0625. The highest BCUT2D eigenvalue weighted by Gasteiger charge is 2.36. The van der Waals surface area contributed by atoms with Crippen molar-refractivity contribution in [1.82, 2.24) is 4.90 Å². The molecular formula is C16H11BrN2O4S. The maximum Gasteiger partial charge on any atom is 0.294 e. The van der Waals surface area contributed by atoms with Crippen molar-refractivity contribution >= 4 is 50.8 Å². The summed E-state index contributed by atoms with van der Waals surface area (Å²) in [5.41, 5.74) is 5.92. The van der Waals surface area contributed by atoms with Crippen LogP contribution >= 0.6 is 27.7 Å². The van der Waals surface area contributed by atoms with Crippen molar-refractivity contribution in [3.63, 3.8) is 0 Å². The first-order chi connectivity index (χ1) is 11.4. The lowest BCUT2D eigenvalue weighted by Crippen LogP contribution is -2.36. The minimum absolute atomic E-state index is 0.191. The number of primary amides is 1. The van der Waals surface area contributed by atoms with E-state index in [9.17, 15) is 14.4 Å². The fourth-order valence-corrected chi connectivity index (χ4v) is 3.37. The van der Waals surface area contributed by atoms with E-state index < -0.39 is 23.6 Å². The van der Waals surface area contributed by atoms with E-state index in [2.05, 4.69) is 15.9 Å². The van der Waals surface area contributed by atoms with Crippen molar-refractivity contribution in [2.24, 2.45) is 5.73 Å². The van der Waals surface area contributed by atoms with Gasteiger partial charge in [-0.05, 0) is 36.0 Å². The van der Waals surface area contributed by atoms with Crippen molar-refractivity contribution in [3.05, 3.63) is 51.5 Å². The maximum atomic E-state index is 12.1. The molecule has 0 atom stereocenters. The molecule has 1 aliphatic rings. The summed E-state index contributed by atoms with van der Waals surface area (Å²) in [5.74, 6) is -0.217. The summed E-state index contributed by atoms with van der Waals surface area (Å²) in [5, 5.41) is -0.524. The van der Waals surface area contributed by atoms with Crippen molar-refractivity contribution in [2.75, 3.05) is 6.54 Å². The van der Waals surface area contributed by atoms with Gasteiger partial charge in [0, 0.05) is 16.1 Å². The van der Waals surface area contributed by atoms with E-state index >= 15 is 0 Å². The van der Waals surface area contributed by atoms with Gasteiger partial charge in [-0.3, -0.25) is 19.3 Å². The van der Waals surface area contributed by atoms with Crippen LogP contribution in [0.5, 0.6) is 0 Å². The summed E-state index contributed by atoms with van der Waals surface area (Å²) >= 11 is 4.14. The molecule has 1 fully saturated rings. The molecule has 0 saturated carbocycles. The lowest BCUT2D eigenvalue weighted by molar-refractivity contribution is -0.127. The molecule has 0 aliphatic carbocycles. The van der Waals surface area contributed by atoms with E-state index in [4.69, 9.17) is 10.2 Å². The standard InChI is InChI=1S/C16H11BrN2O4S/c17-10-3-1-2-9(6-10)12-5-4-11(23-12)7-13-15(21)19(8-14(18)20)16(22)24-13/h1-7H,8H2,(H2,18,20)/b13-7-. The summed E-state index contributed by atoms with van der Waals surface area (Å²) in [7, 11) is 0. The number of benzene rings is 1. The first-order valence-corrected chi connectivity index (χ1v) is 8.44. The normalized spacial score (nSPS) is 16.2. The van der Waals surface area contributed by atoms with Gasteiger partial charge in [0.25, 0.3) is 11.1 Å². The third-order valence-electron chi connectivity index (χ3n) is 3.20. The fourth-order valence-electron chi connectivity index (χ4n) is 2.15. The molecule has 2 N–H and O–H groups in total. The van der Waals surface area contributed by atoms with Gasteiger partial charge in [0.2, 0.25) is 5.91 Å². The molecule has 0 spiro atoms. The van der Waals surface area contributed by atoms with Gasteiger partial charge in [-0.1, -0.05) is 28.1 Å². The molecule has 8 heteroatoms. The number of furan rings is 1. The van der Waals surface area contributed by atoms with Crippen LogP contribution in [0.3, 0.4) is 0 Å². The van der Waals surface area contributed by atoms with Crippen molar-refractivity contribution < 1.29 is 18.8 Å². The average molecular weight is 407 g/mol. The van der Waals surface area contributed by atoms with Crippen LogP contribution in [0.4, 0.5) is 4.79 Å². The third kappa shape index (κ3) is 3.44. The van der Waals surface area contributed by atoms with Gasteiger partial charge >= 0.3 is 0 Å². The lowest BCUT2D eigenvalue weighted by Gasteiger charge is -2.08. The number of amides is 3. The van der Waals surface area contributed by atoms with Crippen LogP contribution in [0.1, 0.15) is 5.76 Å². The Hall–Kier alpha value is -2.32. The molecule has 3 rings (SSSR count). The van der Waals surface area contributed by atoms with Crippen molar-refractivity contribution in [2.45, 2.75) is 0 Å². The number of nitrogens with two attached hydrogens (primary N) is 1. The number of rotatable bonds is 4. The van der Waals surface area contributed by atoms with Gasteiger partial charge in [0.05, 0.1) is 4.91 Å². The second-order valence-corrected chi connectivity index (χ2v) is 6.86. The van der Waals surface area contributed by atoms with Crippen LogP contribution in [0.25, 0.3) is 17.4 Å². The largest absolute Gasteiger partial charge is 0.457 e. The number of hydrogen-bond acceptors (Lipinski definition) is 5. The number of carbonyl (C=O) groups excluding carboxylic acids is 3. The summed E-state index contributed by atoms with van der Waals surface area (Å²) < 4.78 is 6.62. The highest BCUT2D eigenvalue weighted by Crippen LogP contribution is 2.33. The van der Waals surface area contributed by atoms with Crippen LogP contribution in [0.2, 0.25) is 0 Å². The van der Waals surface area contributed by atoms with Gasteiger partial charge in [-0.15, -0.1) is 0 Å². The molecule has 0 radical (unpaired) electrons. The van der Waals surface area contributed by atoms with E-state index in [0.717, 1.165) is 26.7 Å². The molecule has 2 aromatic rings. The SMILES string of the molecule is NC(=O)CN1C(=O)S/C(=C\c2ccc(-c3cccc(Br)c3)o2)C1=O. The van der Waals surface area contributed by atoms with Crippen LogP contribution in [-0.4, -0.2) is 28.5 Å². The highest BCUT2D eigenvalue weighted by molar-refractivity contribution is 9.10. The molecule has 2 heterocycles. The zero-order valence-electron chi connectivity index (χ0n) is 12.2. The molecule has 0 unspecified atom stereocenters. The average Bonchev–Trinajstić information content (AvgIpc) is 3.08. The molecule has 1 saturated heterocycles. The first kappa shape index (κ1) is 16.5. The Morgan fingerprint density at radius 1 is 1.29 bits per heavy atom. The number of halogens is 1. The monoisotopic (exact) mass is 406 g/mol. The second kappa shape index (κ2) is 6.66. The third-order valence-corrected chi connectivity index (χ3v) is 4.60. The first-order valence-electron chi connectivity index (χ1n) is 6.83. The smallest absolute Gasteiger partial charge is 0.294 e. The number of imide groups is 1. The minimum Gasteiger partial charge on any atom is -0.457 e. The molecule has 1 aromatic heterocycles. The Kier molecular flexibility index (Phi) is 4.59. The molecule has 6 nitrogen and oxygen atoms in total. The van der Waals surface area contributed by atoms with Crippen LogP contribution in [0, 0.1) is 0 Å². The Morgan fingerprint density at radius 2 is 2.08 bits per heavy atom. The molecule has 122 valence electrons. The van der Waals surface area contributed by atoms with Crippen molar-refractivity contribution in [3.8, 4) is 11.3 Å². The Labute approximate surface area is 149 Å². The van der Waals surface area contributed by atoms with E-state index in [-0.39, 0.29) is 4.91 Å². The van der Waals surface area contributed by atoms with Gasteiger partial charge < -0.3 is 10.2 Å². The summed E-state index contributed by atoms with van der Waals surface area (Å²) in [6.07, 6.45) is 1.48. The van der Waals surface area contributed by atoms with Gasteiger partial charge in [-0.25, -0.2) is 0 Å². The molecule has 1 aromatic carbocycles. The van der Waals surface area contributed by atoms with Crippen LogP contribution in [0.15, 0.2) is 50.2 Å². The zero-order valence-corrected chi connectivity index (χ0v) is 14.6. The second-order valence-electron chi connectivity index (χ2n) is 4.95. The number of hydrogen-bond donors (Lipinski definition) is 1. The molecule has 3 amide bonds. The Balaban J connectivity index is 1.84. The van der Waals surface area contributed by atoms with E-state index in [1.807, 2.05) is 24.3 Å². The molecule has 1 aliphatic heterocycles. The topological polar surface area (TPSA) is 93.6 Å². The van der Waals surface area contributed by atoms with Gasteiger partial charge in [0.15, 0.2) is 0 Å². The molecular weight excluding hydrogens is 396 g/mol. The number of carbonyl (C=O) groups is 3. The quantitative estimate of drug-likeness (QED) is 0.786. The highest BCUT2D eigenvalue weighted by atomic mass is 79.9. The lowest BCUT2D eigenvalue weighted by atomic mass is 10.2. The Morgan fingerprint density at radius 3 is 2.79 bits per heavy atom. The van der Waals surface area contributed by atoms with Crippen LogP contribution in [-0.2, 0) is 9.59 Å². The van der Waals surface area contributed by atoms with E-state index in [1.165, 1.54) is 6.08 Å². The zero-order chi connectivity index (χ0) is 17.3. The van der Waals surface area contributed by atoms with E-state index in [1.54, 1.807) is 12.1 Å². The Bertz CT molecular complexity index is 874. The summed E-state index contributed by atoms with van der Waals surface area (Å²) in [4.78, 5) is 35.8. The predicted octanol–water partition coefficient (Wildman–Crippen LogP) is 3.23. The number of nitrogens with zero attached hydrogens (tertiary/aromatic N) is 1. The van der Waals surface area contributed by atoms with Gasteiger partial charge in [-0.2, -0.15) is 0 Å². The predicted molar refractivity (Wildman–Crippen MR) is 93.7 cm³/mol. The van der Waals surface area contributed by atoms with Crippen LogP contribution < -0.4 is 5.73 Å². The van der Waals surface area contributed by atoms with E-state index in [0.29, 0.717) is 11.5 Å². The van der Waals surface area contributed by atoms with Crippen molar-refractivity contribution in [1.29, 1.82) is 0 Å². The number of thioether (sulfide) groups is 1. The summed E-state index contributed by atoms with van der Waals surface area (Å²) in [6, 6.07) is 11.1. The minimum atomic E-state index is -0.742. The molecule has 0 bridgehead atoms. The maximum absolute atomic E-state index is 12.1. The molecule has 24 heavy (non-hydrogen) atoms. The van der Waals surface area contributed by atoms with Gasteiger partial charge in [0.1, 0.15) is 18.1 Å².